The molecule has 1 aromatic carbocycles. The largest absolute Gasteiger partial charge is 0.378 e. The molecular weight excluding hydrogens is 464 g/mol. The van der Waals surface area contributed by atoms with Crippen LogP contribution < -0.4 is 10.9 Å². The van der Waals surface area contributed by atoms with Crippen LogP contribution in [0.25, 0.3) is 22.0 Å². The first-order valence-corrected chi connectivity index (χ1v) is 14.2. The van der Waals surface area contributed by atoms with E-state index in [0.717, 1.165) is 57.2 Å². The van der Waals surface area contributed by atoms with Crippen LogP contribution in [-0.4, -0.2) is 55.4 Å². The number of pyridine rings is 1. The number of aromatic nitrogens is 2. The number of sulfone groups is 1. The number of nitrogens with one attached hydrogen (secondary N) is 2. The lowest BCUT2D eigenvalue weighted by molar-refractivity contribution is 0.264. The number of aromatic amines is 1. The van der Waals surface area contributed by atoms with Crippen LogP contribution in [-0.2, 0) is 9.84 Å². The summed E-state index contributed by atoms with van der Waals surface area (Å²) in [4.78, 5) is 18.5. The molecule has 3 heterocycles. The third-order valence-electron chi connectivity index (χ3n) is 7.59. The van der Waals surface area contributed by atoms with Crippen molar-refractivity contribution in [3.05, 3.63) is 40.0 Å². The molecule has 2 aliphatic rings. The van der Waals surface area contributed by atoms with Gasteiger partial charge in [0.1, 0.15) is 11.4 Å². The molecule has 1 saturated heterocycles. The second-order valence-electron chi connectivity index (χ2n) is 10.3. The summed E-state index contributed by atoms with van der Waals surface area (Å²) < 4.78 is 32.9. The summed E-state index contributed by atoms with van der Waals surface area (Å²) in [7, 11) is -1.49. The van der Waals surface area contributed by atoms with E-state index < -0.39 is 9.84 Å². The molecule has 0 radical (unpaired) electrons. The Bertz CT molecular complexity index is 1380. The molecule has 0 atom stereocenters. The Balaban J connectivity index is 1.63. The maximum Gasteiger partial charge on any atom is 0.271 e. The molecule has 0 unspecified atom stereocenters. The number of likely N-dealkylation sites (tertiary alicyclic amines) is 1. The lowest BCUT2D eigenvalue weighted by Gasteiger charge is -2.30. The van der Waals surface area contributed by atoms with Crippen molar-refractivity contribution in [3.8, 4) is 11.1 Å². The molecule has 9 heteroatoms. The highest BCUT2D eigenvalue weighted by Crippen LogP contribution is 2.36. The summed E-state index contributed by atoms with van der Waals surface area (Å²) >= 11 is 0. The Morgan fingerprint density at radius 2 is 1.83 bits per heavy atom. The van der Waals surface area contributed by atoms with Crippen molar-refractivity contribution in [2.24, 2.45) is 5.92 Å². The van der Waals surface area contributed by atoms with Crippen molar-refractivity contribution >= 4 is 26.4 Å². The zero-order chi connectivity index (χ0) is 24.7. The Morgan fingerprint density at radius 3 is 2.49 bits per heavy atom. The van der Waals surface area contributed by atoms with Gasteiger partial charge < -0.3 is 19.7 Å². The molecule has 2 fully saturated rings. The van der Waals surface area contributed by atoms with Gasteiger partial charge in [-0.2, -0.15) is 0 Å². The predicted molar refractivity (Wildman–Crippen MR) is 138 cm³/mol. The predicted octanol–water partition coefficient (Wildman–Crippen LogP) is 4.27. The van der Waals surface area contributed by atoms with Gasteiger partial charge in [0.05, 0.1) is 21.9 Å². The van der Waals surface area contributed by atoms with Gasteiger partial charge in [0.15, 0.2) is 9.84 Å². The second-order valence-corrected chi connectivity index (χ2v) is 12.3. The Hall–Kier alpha value is -2.65. The summed E-state index contributed by atoms with van der Waals surface area (Å²) in [5, 5.41) is 7.97. The fraction of sp³-hybridized carbons (Fsp3) is 0.538. The SMILES string of the molecule is Cc1noc(C)c1-c1cc(S(=O)(=O)CC2CCCC2)c2cc(NC3CCN(C)CC3)c(=O)[nH]c2c1. The second kappa shape index (κ2) is 9.43. The highest BCUT2D eigenvalue weighted by molar-refractivity contribution is 7.91. The number of piperidine rings is 1. The maximum absolute atomic E-state index is 13.8. The molecule has 2 N–H and O–H groups in total. The molecule has 1 aliphatic heterocycles. The van der Waals surface area contributed by atoms with Crippen LogP contribution >= 0.6 is 0 Å². The quantitative estimate of drug-likeness (QED) is 0.522. The van der Waals surface area contributed by atoms with E-state index in [1.807, 2.05) is 19.9 Å². The first kappa shape index (κ1) is 24.1. The van der Waals surface area contributed by atoms with Gasteiger partial charge in [-0.3, -0.25) is 4.79 Å². The van der Waals surface area contributed by atoms with E-state index in [9.17, 15) is 13.2 Å². The number of fused-ring (bicyclic) bond motifs is 1. The molecule has 188 valence electrons. The number of benzene rings is 1. The average molecular weight is 499 g/mol. The van der Waals surface area contributed by atoms with Crippen LogP contribution in [0.3, 0.4) is 0 Å². The fourth-order valence-corrected chi connectivity index (χ4v) is 7.58. The summed E-state index contributed by atoms with van der Waals surface area (Å²) in [6.45, 7) is 5.57. The Labute approximate surface area is 206 Å². The lowest BCUT2D eigenvalue weighted by atomic mass is 10.0. The number of hydrogen-bond acceptors (Lipinski definition) is 7. The van der Waals surface area contributed by atoms with Gasteiger partial charge in [-0.15, -0.1) is 0 Å². The zero-order valence-corrected chi connectivity index (χ0v) is 21.5. The molecule has 0 bridgehead atoms. The van der Waals surface area contributed by atoms with Crippen molar-refractivity contribution in [3.63, 3.8) is 0 Å². The third kappa shape index (κ3) is 4.89. The van der Waals surface area contributed by atoms with Crippen LogP contribution in [0.15, 0.2) is 32.4 Å². The molecule has 3 aromatic rings. The van der Waals surface area contributed by atoms with E-state index in [1.54, 1.807) is 12.1 Å². The summed E-state index contributed by atoms with van der Waals surface area (Å²) in [6.07, 6.45) is 5.93. The molecule has 2 aromatic heterocycles. The number of rotatable bonds is 6. The fourth-order valence-electron chi connectivity index (χ4n) is 5.63. The van der Waals surface area contributed by atoms with Gasteiger partial charge in [0.25, 0.3) is 5.56 Å². The summed E-state index contributed by atoms with van der Waals surface area (Å²) in [6, 6.07) is 5.48. The first-order chi connectivity index (χ1) is 16.7. The van der Waals surface area contributed by atoms with E-state index in [-0.39, 0.29) is 28.2 Å². The van der Waals surface area contributed by atoms with Gasteiger partial charge in [-0.25, -0.2) is 8.42 Å². The van der Waals surface area contributed by atoms with Crippen molar-refractivity contribution in [1.82, 2.24) is 15.0 Å². The number of hydrogen-bond donors (Lipinski definition) is 2. The number of anilines is 1. The maximum atomic E-state index is 13.8. The highest BCUT2D eigenvalue weighted by Gasteiger charge is 2.28. The van der Waals surface area contributed by atoms with E-state index in [2.05, 4.69) is 27.4 Å². The third-order valence-corrected chi connectivity index (χ3v) is 9.51. The van der Waals surface area contributed by atoms with Gasteiger partial charge in [-0.1, -0.05) is 18.0 Å². The molecular formula is C26H34N4O4S. The van der Waals surface area contributed by atoms with Crippen LogP contribution in [0, 0.1) is 19.8 Å². The van der Waals surface area contributed by atoms with Crippen molar-refractivity contribution < 1.29 is 12.9 Å². The van der Waals surface area contributed by atoms with E-state index in [4.69, 9.17) is 4.52 Å². The smallest absolute Gasteiger partial charge is 0.271 e. The number of H-pyrrole nitrogens is 1. The molecule has 35 heavy (non-hydrogen) atoms. The normalized spacial score (nSPS) is 18.5. The van der Waals surface area contributed by atoms with E-state index >= 15 is 0 Å². The van der Waals surface area contributed by atoms with Gasteiger partial charge >= 0.3 is 0 Å². The van der Waals surface area contributed by atoms with Crippen LogP contribution in [0.5, 0.6) is 0 Å². The summed E-state index contributed by atoms with van der Waals surface area (Å²) in [5.74, 6) is 0.922. The molecule has 1 saturated carbocycles. The van der Waals surface area contributed by atoms with Gasteiger partial charge in [0, 0.05) is 17.0 Å². The molecule has 8 nitrogen and oxygen atoms in total. The van der Waals surface area contributed by atoms with Crippen molar-refractivity contribution in [2.45, 2.75) is 63.3 Å². The van der Waals surface area contributed by atoms with E-state index in [1.165, 1.54) is 0 Å². The topological polar surface area (TPSA) is 108 Å². The van der Waals surface area contributed by atoms with Gasteiger partial charge in [-0.05, 0) is 89.3 Å². The average Bonchev–Trinajstić information content (AvgIpc) is 3.43. The van der Waals surface area contributed by atoms with E-state index in [0.29, 0.717) is 33.6 Å². The van der Waals surface area contributed by atoms with Crippen LogP contribution in [0.2, 0.25) is 0 Å². The van der Waals surface area contributed by atoms with Crippen molar-refractivity contribution in [1.29, 1.82) is 0 Å². The molecule has 0 amide bonds. The van der Waals surface area contributed by atoms with Crippen LogP contribution in [0.1, 0.15) is 50.0 Å². The lowest BCUT2D eigenvalue weighted by Crippen LogP contribution is -2.37. The number of nitrogens with zero attached hydrogens (tertiary/aromatic N) is 2. The summed E-state index contributed by atoms with van der Waals surface area (Å²) in [5.41, 5.74) is 2.82. The van der Waals surface area contributed by atoms with Crippen molar-refractivity contribution in [2.75, 3.05) is 31.2 Å². The molecule has 1 aliphatic carbocycles. The monoisotopic (exact) mass is 498 g/mol. The van der Waals surface area contributed by atoms with Gasteiger partial charge in [0.2, 0.25) is 0 Å². The Morgan fingerprint density at radius 1 is 1.11 bits per heavy atom. The minimum absolute atomic E-state index is 0.129. The number of aryl methyl sites for hydroxylation is 2. The molecule has 5 rings (SSSR count). The minimum atomic E-state index is -3.59. The standard InChI is InChI=1S/C26H34N4O4S/c1-16-25(17(2)34-29-16)19-12-22-21(24(13-19)35(32,33)15-18-6-4-5-7-18)14-23(26(31)28-22)27-20-8-10-30(3)11-9-20/h12-14,18,20,27H,4-11,15H2,1-3H3,(H,28,31). The first-order valence-electron chi connectivity index (χ1n) is 12.5. The Kier molecular flexibility index (Phi) is 6.48. The van der Waals surface area contributed by atoms with Crippen LogP contribution in [0.4, 0.5) is 5.69 Å². The zero-order valence-electron chi connectivity index (χ0n) is 20.7. The highest BCUT2D eigenvalue weighted by atomic mass is 32.2. The minimum Gasteiger partial charge on any atom is -0.378 e. The molecule has 0 spiro atoms.